The molecule has 5 heteroatoms. The molecule has 86 valence electrons. The van der Waals surface area contributed by atoms with Crippen molar-refractivity contribution in [2.45, 2.75) is 13.8 Å². The fourth-order valence-electron chi connectivity index (χ4n) is 1.13. The summed E-state index contributed by atoms with van der Waals surface area (Å²) in [5, 5.41) is 5.14. The average Bonchev–Trinajstić information content (AvgIpc) is 2.20. The Bertz CT molecular complexity index is 418. The molecule has 4 nitrogen and oxygen atoms in total. The molecule has 0 atom stereocenters. The van der Waals surface area contributed by atoms with Crippen LogP contribution in [0.25, 0.3) is 0 Å². The van der Waals surface area contributed by atoms with Crippen LogP contribution in [0.2, 0.25) is 0 Å². The predicted octanol–water partition coefficient (Wildman–Crippen LogP) is 1.83. The molecule has 1 aromatic rings. The summed E-state index contributed by atoms with van der Waals surface area (Å²) in [6.07, 6.45) is 0. The highest BCUT2D eigenvalue weighted by Gasteiger charge is 2.05. The van der Waals surface area contributed by atoms with E-state index in [4.69, 9.17) is 0 Å². The number of halogens is 1. The van der Waals surface area contributed by atoms with E-state index in [9.17, 15) is 9.59 Å². The second-order valence-electron chi connectivity index (χ2n) is 3.44. The molecule has 0 radical (unpaired) electrons. The molecule has 1 rings (SSSR count). The summed E-state index contributed by atoms with van der Waals surface area (Å²) >= 11 is 3.34. The van der Waals surface area contributed by atoms with Crippen LogP contribution in [-0.2, 0) is 9.59 Å². The van der Waals surface area contributed by atoms with Crippen LogP contribution < -0.4 is 10.6 Å². The van der Waals surface area contributed by atoms with Gasteiger partial charge in [-0.25, -0.2) is 0 Å². The third-order valence-electron chi connectivity index (χ3n) is 1.89. The maximum absolute atomic E-state index is 11.4. The van der Waals surface area contributed by atoms with Gasteiger partial charge in [-0.3, -0.25) is 9.59 Å². The monoisotopic (exact) mass is 284 g/mol. The lowest BCUT2D eigenvalue weighted by molar-refractivity contribution is -0.122. The first-order valence-electron chi connectivity index (χ1n) is 4.79. The van der Waals surface area contributed by atoms with E-state index in [1.165, 1.54) is 6.92 Å². The highest BCUT2D eigenvalue weighted by molar-refractivity contribution is 9.10. The lowest BCUT2D eigenvalue weighted by Gasteiger charge is -2.08. The third-order valence-corrected chi connectivity index (χ3v) is 2.59. The van der Waals surface area contributed by atoms with Crippen molar-refractivity contribution in [1.82, 2.24) is 5.32 Å². The summed E-state index contributed by atoms with van der Waals surface area (Å²) in [6, 6.07) is 5.66. The molecule has 0 fully saturated rings. The van der Waals surface area contributed by atoms with Gasteiger partial charge in [0.05, 0.1) is 12.2 Å². The van der Waals surface area contributed by atoms with Gasteiger partial charge < -0.3 is 10.6 Å². The van der Waals surface area contributed by atoms with E-state index in [1.807, 2.05) is 25.1 Å². The van der Waals surface area contributed by atoms with Crippen LogP contribution in [0, 0.1) is 6.92 Å². The van der Waals surface area contributed by atoms with Gasteiger partial charge in [0.1, 0.15) is 0 Å². The van der Waals surface area contributed by atoms with E-state index in [0.717, 1.165) is 10.0 Å². The Kier molecular flexibility index (Phi) is 4.49. The van der Waals surface area contributed by atoms with Crippen molar-refractivity contribution >= 4 is 33.4 Å². The van der Waals surface area contributed by atoms with E-state index in [0.29, 0.717) is 5.69 Å². The number of hydrogen-bond donors (Lipinski definition) is 2. The molecule has 0 heterocycles. The highest BCUT2D eigenvalue weighted by atomic mass is 79.9. The molecule has 0 aliphatic rings. The summed E-state index contributed by atoms with van der Waals surface area (Å²) in [6.45, 7) is 3.29. The van der Waals surface area contributed by atoms with Crippen molar-refractivity contribution < 1.29 is 9.59 Å². The molecule has 0 bridgehead atoms. The zero-order valence-corrected chi connectivity index (χ0v) is 10.7. The number of benzene rings is 1. The predicted molar refractivity (Wildman–Crippen MR) is 66.2 cm³/mol. The number of nitrogens with one attached hydrogen (secondary N) is 2. The van der Waals surface area contributed by atoms with Crippen LogP contribution in [-0.4, -0.2) is 18.4 Å². The molecule has 0 aliphatic heterocycles. The third kappa shape index (κ3) is 4.02. The largest absolute Gasteiger partial charge is 0.347 e. The highest BCUT2D eigenvalue weighted by Crippen LogP contribution is 2.22. The SMILES string of the molecule is CC(=O)NCC(=O)Nc1cc(C)ccc1Br. The van der Waals surface area contributed by atoms with Gasteiger partial charge in [0.2, 0.25) is 11.8 Å². The Balaban J connectivity index is 2.62. The zero-order chi connectivity index (χ0) is 12.1. The number of aryl methyl sites for hydroxylation is 1. The second kappa shape index (κ2) is 5.65. The Morgan fingerprint density at radius 2 is 2.06 bits per heavy atom. The van der Waals surface area contributed by atoms with E-state index in [-0.39, 0.29) is 18.4 Å². The van der Waals surface area contributed by atoms with Crippen molar-refractivity contribution in [2.75, 3.05) is 11.9 Å². The number of hydrogen-bond acceptors (Lipinski definition) is 2. The fraction of sp³-hybridized carbons (Fsp3) is 0.273. The number of anilines is 1. The molecule has 0 aromatic heterocycles. The first kappa shape index (κ1) is 12.7. The number of rotatable bonds is 3. The van der Waals surface area contributed by atoms with Crippen LogP contribution in [0.15, 0.2) is 22.7 Å². The van der Waals surface area contributed by atoms with Crippen LogP contribution in [0.3, 0.4) is 0 Å². The summed E-state index contributed by atoms with van der Waals surface area (Å²) in [4.78, 5) is 22.1. The van der Waals surface area contributed by atoms with E-state index in [1.54, 1.807) is 0 Å². The van der Waals surface area contributed by atoms with Gasteiger partial charge in [0.25, 0.3) is 0 Å². The van der Waals surface area contributed by atoms with Gasteiger partial charge in [0.15, 0.2) is 0 Å². The fourth-order valence-corrected chi connectivity index (χ4v) is 1.48. The molecule has 2 N–H and O–H groups in total. The standard InChI is InChI=1S/C11H13BrN2O2/c1-7-3-4-9(12)10(5-7)14-11(16)6-13-8(2)15/h3-5H,6H2,1-2H3,(H,13,15)(H,14,16). The van der Waals surface area contributed by atoms with E-state index >= 15 is 0 Å². The van der Waals surface area contributed by atoms with Crippen LogP contribution in [0.1, 0.15) is 12.5 Å². The molecule has 0 saturated heterocycles. The van der Waals surface area contributed by atoms with Crippen molar-refractivity contribution in [1.29, 1.82) is 0 Å². The minimum Gasteiger partial charge on any atom is -0.347 e. The second-order valence-corrected chi connectivity index (χ2v) is 4.30. The summed E-state index contributed by atoms with van der Waals surface area (Å²) in [5.41, 5.74) is 1.76. The van der Waals surface area contributed by atoms with Crippen molar-refractivity contribution in [2.24, 2.45) is 0 Å². The molecule has 2 amide bonds. The molecule has 0 saturated carbocycles. The summed E-state index contributed by atoms with van der Waals surface area (Å²) < 4.78 is 0.814. The van der Waals surface area contributed by atoms with Crippen LogP contribution in [0.4, 0.5) is 5.69 Å². The van der Waals surface area contributed by atoms with Crippen molar-refractivity contribution in [3.8, 4) is 0 Å². The minimum absolute atomic E-state index is 0.0181. The number of carbonyl (C=O) groups is 2. The Labute approximate surface area is 103 Å². The maximum atomic E-state index is 11.4. The van der Waals surface area contributed by atoms with Crippen molar-refractivity contribution in [3.05, 3.63) is 28.2 Å². The Morgan fingerprint density at radius 3 is 2.69 bits per heavy atom. The van der Waals surface area contributed by atoms with Gasteiger partial charge in [-0.15, -0.1) is 0 Å². The topological polar surface area (TPSA) is 58.2 Å². The lowest BCUT2D eigenvalue weighted by atomic mass is 10.2. The first-order valence-corrected chi connectivity index (χ1v) is 5.59. The van der Waals surface area contributed by atoms with Gasteiger partial charge >= 0.3 is 0 Å². The van der Waals surface area contributed by atoms with E-state index in [2.05, 4.69) is 26.6 Å². The number of amides is 2. The van der Waals surface area contributed by atoms with Crippen LogP contribution in [0.5, 0.6) is 0 Å². The molecule has 16 heavy (non-hydrogen) atoms. The Hall–Kier alpha value is -1.36. The smallest absolute Gasteiger partial charge is 0.243 e. The lowest BCUT2D eigenvalue weighted by Crippen LogP contribution is -2.31. The Morgan fingerprint density at radius 1 is 1.38 bits per heavy atom. The van der Waals surface area contributed by atoms with Gasteiger partial charge in [-0.2, -0.15) is 0 Å². The van der Waals surface area contributed by atoms with Gasteiger partial charge in [-0.05, 0) is 40.5 Å². The molecular weight excluding hydrogens is 272 g/mol. The van der Waals surface area contributed by atoms with E-state index < -0.39 is 0 Å². The normalized spacial score (nSPS) is 9.69. The first-order chi connectivity index (χ1) is 7.49. The maximum Gasteiger partial charge on any atom is 0.243 e. The molecule has 0 unspecified atom stereocenters. The van der Waals surface area contributed by atoms with Gasteiger partial charge in [-0.1, -0.05) is 6.07 Å². The molecule has 0 aliphatic carbocycles. The number of carbonyl (C=O) groups excluding carboxylic acids is 2. The molecule has 0 spiro atoms. The zero-order valence-electron chi connectivity index (χ0n) is 9.13. The van der Waals surface area contributed by atoms with Gasteiger partial charge in [0, 0.05) is 11.4 Å². The summed E-state index contributed by atoms with van der Waals surface area (Å²) in [5.74, 6) is -0.472. The summed E-state index contributed by atoms with van der Waals surface area (Å²) in [7, 11) is 0. The molecule has 1 aromatic carbocycles. The molecular formula is C11H13BrN2O2. The van der Waals surface area contributed by atoms with Crippen molar-refractivity contribution in [3.63, 3.8) is 0 Å². The van der Waals surface area contributed by atoms with Crippen LogP contribution >= 0.6 is 15.9 Å². The minimum atomic E-state index is -0.249. The quantitative estimate of drug-likeness (QED) is 0.890. The average molecular weight is 285 g/mol.